The lowest BCUT2D eigenvalue weighted by atomic mass is 10.2. The van der Waals surface area contributed by atoms with Gasteiger partial charge in [0.1, 0.15) is 6.61 Å². The van der Waals surface area contributed by atoms with Gasteiger partial charge in [-0.2, -0.15) is 0 Å². The Morgan fingerprint density at radius 2 is 2.06 bits per heavy atom. The molecule has 0 spiro atoms. The van der Waals surface area contributed by atoms with Crippen LogP contribution >= 0.6 is 0 Å². The van der Waals surface area contributed by atoms with Crippen molar-refractivity contribution in [2.75, 3.05) is 25.5 Å². The summed E-state index contributed by atoms with van der Waals surface area (Å²) in [4.78, 5) is 0. The predicted octanol–water partition coefficient (Wildman–Crippen LogP) is 1.64. The number of nitrogen functional groups attached to an aromatic ring is 1. The third-order valence-corrected chi connectivity index (χ3v) is 2.04. The average molecular weight is 230 g/mol. The van der Waals surface area contributed by atoms with Crippen molar-refractivity contribution in [3.63, 3.8) is 0 Å². The molecule has 0 atom stereocenters. The second-order valence-corrected chi connectivity index (χ2v) is 3.34. The number of alkyl halides is 2. The molecule has 3 N–H and O–H groups in total. The Hall–Kier alpha value is -1.20. The van der Waals surface area contributed by atoms with Gasteiger partial charge in [0.2, 0.25) is 0 Å². The van der Waals surface area contributed by atoms with E-state index in [0.29, 0.717) is 13.1 Å². The number of benzene rings is 1. The summed E-state index contributed by atoms with van der Waals surface area (Å²) in [5.74, 6) is 0. The fraction of sp³-hybridized carbons (Fsp3) is 0.455. The van der Waals surface area contributed by atoms with Crippen LogP contribution in [0.5, 0.6) is 0 Å². The van der Waals surface area contributed by atoms with E-state index in [4.69, 9.17) is 10.5 Å². The molecule has 0 aliphatic carbocycles. The molecule has 0 saturated carbocycles. The van der Waals surface area contributed by atoms with E-state index in [9.17, 15) is 8.78 Å². The van der Waals surface area contributed by atoms with Gasteiger partial charge in [0, 0.05) is 18.8 Å². The van der Waals surface area contributed by atoms with Crippen molar-refractivity contribution in [2.24, 2.45) is 0 Å². The Kier molecular flexibility index (Phi) is 5.74. The normalized spacial score (nSPS) is 10.9. The number of nitrogens with one attached hydrogen (secondary N) is 1. The summed E-state index contributed by atoms with van der Waals surface area (Å²) in [6.07, 6.45) is -2.40. The highest BCUT2D eigenvalue weighted by Gasteiger charge is 2.01. The van der Waals surface area contributed by atoms with Gasteiger partial charge in [-0.3, -0.25) is 0 Å². The molecule has 0 aromatic heterocycles. The number of hydrogen-bond acceptors (Lipinski definition) is 3. The summed E-state index contributed by atoms with van der Waals surface area (Å²) >= 11 is 0. The molecule has 16 heavy (non-hydrogen) atoms. The van der Waals surface area contributed by atoms with Gasteiger partial charge in [-0.1, -0.05) is 18.2 Å². The molecule has 5 heteroatoms. The molecule has 0 saturated heterocycles. The van der Waals surface area contributed by atoms with E-state index in [-0.39, 0.29) is 6.61 Å². The van der Waals surface area contributed by atoms with Crippen LogP contribution in [0.2, 0.25) is 0 Å². The summed E-state index contributed by atoms with van der Waals surface area (Å²) in [5, 5.41) is 3.07. The van der Waals surface area contributed by atoms with Gasteiger partial charge >= 0.3 is 0 Å². The van der Waals surface area contributed by atoms with Gasteiger partial charge < -0.3 is 15.8 Å². The van der Waals surface area contributed by atoms with Gasteiger partial charge in [0.25, 0.3) is 6.43 Å². The molecule has 0 fully saturated rings. The molecule has 90 valence electrons. The number of hydrogen-bond donors (Lipinski definition) is 2. The van der Waals surface area contributed by atoms with Crippen LogP contribution in [0.1, 0.15) is 5.56 Å². The van der Waals surface area contributed by atoms with Gasteiger partial charge in [-0.25, -0.2) is 8.78 Å². The fourth-order valence-electron chi connectivity index (χ4n) is 1.23. The first kappa shape index (κ1) is 12.9. The zero-order chi connectivity index (χ0) is 11.8. The number of nitrogens with two attached hydrogens (primary N) is 1. The van der Waals surface area contributed by atoms with E-state index < -0.39 is 13.0 Å². The van der Waals surface area contributed by atoms with Crippen molar-refractivity contribution in [1.29, 1.82) is 0 Å². The Balaban J connectivity index is 2.10. The molecule has 1 rings (SSSR count). The minimum atomic E-state index is -2.40. The lowest BCUT2D eigenvalue weighted by molar-refractivity contribution is 0.0187. The first-order chi connectivity index (χ1) is 7.70. The largest absolute Gasteiger partial charge is 0.398 e. The van der Waals surface area contributed by atoms with Crippen LogP contribution in [0.15, 0.2) is 24.3 Å². The molecule has 1 aromatic rings. The van der Waals surface area contributed by atoms with Crippen LogP contribution in [0.3, 0.4) is 0 Å². The number of ether oxygens (including phenoxy) is 1. The van der Waals surface area contributed by atoms with Crippen LogP contribution in [0.4, 0.5) is 14.5 Å². The average Bonchev–Trinajstić information content (AvgIpc) is 2.25. The van der Waals surface area contributed by atoms with Gasteiger partial charge in [0.05, 0.1) is 6.61 Å². The topological polar surface area (TPSA) is 47.3 Å². The highest BCUT2D eigenvalue weighted by molar-refractivity contribution is 5.46. The smallest absolute Gasteiger partial charge is 0.261 e. The maximum atomic E-state index is 11.7. The maximum absolute atomic E-state index is 11.7. The van der Waals surface area contributed by atoms with Crippen molar-refractivity contribution >= 4 is 5.69 Å². The van der Waals surface area contributed by atoms with Gasteiger partial charge in [-0.15, -0.1) is 0 Å². The minimum absolute atomic E-state index is 0.275. The summed E-state index contributed by atoms with van der Waals surface area (Å²) in [5.41, 5.74) is 7.45. The van der Waals surface area contributed by atoms with Gasteiger partial charge in [-0.05, 0) is 11.6 Å². The second-order valence-electron chi connectivity index (χ2n) is 3.34. The Labute approximate surface area is 93.6 Å². The lowest BCUT2D eigenvalue weighted by Crippen LogP contribution is -2.21. The third-order valence-electron chi connectivity index (χ3n) is 2.04. The van der Waals surface area contributed by atoms with Gasteiger partial charge in [0.15, 0.2) is 0 Å². The number of halogens is 2. The standard InChI is InChI=1S/C11H16F2N2O/c12-11(13)8-16-6-5-15-7-9-3-1-2-4-10(9)14/h1-4,11,15H,5-8,14H2. The highest BCUT2D eigenvalue weighted by atomic mass is 19.3. The number of anilines is 1. The monoisotopic (exact) mass is 230 g/mol. The molecule has 0 radical (unpaired) electrons. The zero-order valence-corrected chi connectivity index (χ0v) is 8.96. The molecule has 1 aromatic carbocycles. The van der Waals surface area contributed by atoms with E-state index in [1.807, 2.05) is 24.3 Å². The zero-order valence-electron chi connectivity index (χ0n) is 8.96. The van der Waals surface area contributed by atoms with E-state index in [1.165, 1.54) is 0 Å². The molecule has 0 unspecified atom stereocenters. The lowest BCUT2D eigenvalue weighted by Gasteiger charge is -2.07. The Morgan fingerprint density at radius 3 is 2.75 bits per heavy atom. The molecule has 0 bridgehead atoms. The van der Waals surface area contributed by atoms with Crippen molar-refractivity contribution in [3.05, 3.63) is 29.8 Å². The van der Waals surface area contributed by atoms with E-state index in [1.54, 1.807) is 0 Å². The summed E-state index contributed by atoms with van der Waals surface area (Å²) < 4.78 is 28.1. The Morgan fingerprint density at radius 1 is 1.31 bits per heavy atom. The predicted molar refractivity (Wildman–Crippen MR) is 59.4 cm³/mol. The third kappa shape index (κ3) is 5.04. The van der Waals surface area contributed by atoms with E-state index in [0.717, 1.165) is 11.3 Å². The first-order valence-electron chi connectivity index (χ1n) is 5.10. The van der Waals surface area contributed by atoms with Crippen LogP contribution < -0.4 is 11.1 Å². The molecule has 0 aliphatic heterocycles. The van der Waals surface area contributed by atoms with Crippen LogP contribution in [0.25, 0.3) is 0 Å². The summed E-state index contributed by atoms with van der Waals surface area (Å²) in [6.45, 7) is 0.915. The van der Waals surface area contributed by atoms with Crippen molar-refractivity contribution in [1.82, 2.24) is 5.32 Å². The van der Waals surface area contributed by atoms with Crippen LogP contribution in [-0.4, -0.2) is 26.2 Å². The molecule has 0 aliphatic rings. The second kappa shape index (κ2) is 7.14. The number of para-hydroxylation sites is 1. The van der Waals surface area contributed by atoms with Crippen LogP contribution in [0, 0.1) is 0 Å². The number of rotatable bonds is 7. The molecular weight excluding hydrogens is 214 g/mol. The summed E-state index contributed by atoms with van der Waals surface area (Å²) in [7, 11) is 0. The summed E-state index contributed by atoms with van der Waals surface area (Å²) in [6, 6.07) is 7.51. The van der Waals surface area contributed by atoms with Crippen molar-refractivity contribution in [3.8, 4) is 0 Å². The van der Waals surface area contributed by atoms with Crippen LogP contribution in [-0.2, 0) is 11.3 Å². The van der Waals surface area contributed by atoms with E-state index >= 15 is 0 Å². The van der Waals surface area contributed by atoms with Crippen molar-refractivity contribution < 1.29 is 13.5 Å². The molecule has 3 nitrogen and oxygen atoms in total. The molecule has 0 amide bonds. The highest BCUT2D eigenvalue weighted by Crippen LogP contribution is 2.09. The first-order valence-corrected chi connectivity index (χ1v) is 5.10. The Bertz CT molecular complexity index is 308. The molecule has 0 heterocycles. The fourth-order valence-corrected chi connectivity index (χ4v) is 1.23. The van der Waals surface area contributed by atoms with E-state index in [2.05, 4.69) is 5.32 Å². The quantitative estimate of drug-likeness (QED) is 0.553. The SMILES string of the molecule is Nc1ccccc1CNCCOCC(F)F. The molecular formula is C11H16F2N2O. The van der Waals surface area contributed by atoms with Crippen molar-refractivity contribution in [2.45, 2.75) is 13.0 Å². The maximum Gasteiger partial charge on any atom is 0.261 e. The minimum Gasteiger partial charge on any atom is -0.398 e.